The molecule has 0 saturated heterocycles. The Bertz CT molecular complexity index is 2040. The van der Waals surface area contributed by atoms with Gasteiger partial charge in [-0.15, -0.1) is 0 Å². The smallest absolute Gasteiger partial charge is 0.341 e. The number of phenols is 3. The molecule has 10 heteroatoms. The summed E-state index contributed by atoms with van der Waals surface area (Å²) in [7, 11) is 2.87. The van der Waals surface area contributed by atoms with E-state index in [4.69, 9.17) is 18.6 Å². The van der Waals surface area contributed by atoms with Crippen molar-refractivity contribution < 1.29 is 43.8 Å². The second-order valence-electron chi connectivity index (χ2n) is 10.1. The van der Waals surface area contributed by atoms with E-state index >= 15 is 0 Å². The number of aryl methyl sites for hydroxylation is 1. The van der Waals surface area contributed by atoms with Crippen LogP contribution in [0.1, 0.15) is 16.9 Å². The number of cyclic esters (lactones) is 1. The Balaban J connectivity index is 1.68. The Kier molecular flexibility index (Phi) is 6.70. The molecular formula is C33H26O10. The molecule has 0 amide bonds. The number of aliphatic hydroxyl groups is 1. The summed E-state index contributed by atoms with van der Waals surface area (Å²) in [5, 5.41) is 43.2. The molecular weight excluding hydrogens is 556 g/mol. The number of methoxy groups -OCH3 is 2. The minimum atomic E-state index is -1.50. The van der Waals surface area contributed by atoms with Crippen molar-refractivity contribution in [1.29, 1.82) is 0 Å². The molecule has 6 rings (SSSR count). The molecule has 1 atom stereocenters. The van der Waals surface area contributed by atoms with E-state index in [0.29, 0.717) is 27.8 Å². The lowest BCUT2D eigenvalue weighted by Crippen LogP contribution is -2.11. The number of esters is 1. The average Bonchev–Trinajstić information content (AvgIpc) is 3.25. The Hall–Kier alpha value is -5.48. The molecule has 0 saturated carbocycles. The summed E-state index contributed by atoms with van der Waals surface area (Å²) in [6.45, 7) is 1.59. The number of ether oxygens (including phenoxy) is 3. The van der Waals surface area contributed by atoms with Crippen molar-refractivity contribution in [2.24, 2.45) is 0 Å². The maximum absolute atomic E-state index is 13.2. The highest BCUT2D eigenvalue weighted by Crippen LogP contribution is 2.49. The number of hydrogen-bond acceptors (Lipinski definition) is 10. The molecule has 0 spiro atoms. The standard InChI is InChI=1S/C33H26O10/c1-15-10-24(36)29-30(37)28-21(13-19(40-2)14-25(28)41-3)27(31(29)42-15)20-12-17(6-9-23(20)35)26-22(32(38)43-33(26)39)11-16-4-7-18(34)8-5-16/h4-10,12-14,32,34-35,37-38H,11H2,1-3H3. The second kappa shape index (κ2) is 10.4. The molecule has 1 aliphatic heterocycles. The van der Waals surface area contributed by atoms with Crippen molar-refractivity contribution in [2.75, 3.05) is 14.2 Å². The third kappa shape index (κ3) is 4.58. The van der Waals surface area contributed by atoms with Crippen LogP contribution in [0.2, 0.25) is 0 Å². The van der Waals surface area contributed by atoms with Crippen LogP contribution in [0.25, 0.3) is 38.4 Å². The van der Waals surface area contributed by atoms with E-state index in [-0.39, 0.29) is 68.2 Å². The molecule has 0 radical (unpaired) electrons. The van der Waals surface area contributed by atoms with Gasteiger partial charge in [0.2, 0.25) is 6.29 Å². The van der Waals surface area contributed by atoms with E-state index in [1.165, 1.54) is 50.6 Å². The molecule has 4 aromatic carbocycles. The molecule has 1 unspecified atom stereocenters. The van der Waals surface area contributed by atoms with Gasteiger partial charge in [0, 0.05) is 40.6 Å². The highest BCUT2D eigenvalue weighted by atomic mass is 16.6. The fraction of sp³-hybridized carbons (Fsp3) is 0.152. The molecule has 218 valence electrons. The minimum absolute atomic E-state index is 0.00471. The predicted molar refractivity (Wildman–Crippen MR) is 157 cm³/mol. The number of benzene rings is 4. The Morgan fingerprint density at radius 3 is 2.33 bits per heavy atom. The van der Waals surface area contributed by atoms with E-state index in [9.17, 15) is 30.0 Å². The van der Waals surface area contributed by atoms with Gasteiger partial charge in [-0.25, -0.2) is 4.79 Å². The number of aliphatic hydroxyl groups excluding tert-OH is 1. The van der Waals surface area contributed by atoms with Crippen LogP contribution in [0.4, 0.5) is 0 Å². The molecule has 1 aliphatic rings. The third-order valence-corrected chi connectivity index (χ3v) is 7.50. The molecule has 1 aromatic heterocycles. The van der Waals surface area contributed by atoms with Gasteiger partial charge < -0.3 is 39.1 Å². The Morgan fingerprint density at radius 1 is 0.884 bits per heavy atom. The van der Waals surface area contributed by atoms with Crippen molar-refractivity contribution in [3.05, 3.63) is 93.3 Å². The highest BCUT2D eigenvalue weighted by molar-refractivity contribution is 6.21. The third-order valence-electron chi connectivity index (χ3n) is 7.50. The molecule has 5 aromatic rings. The summed E-state index contributed by atoms with van der Waals surface area (Å²) in [6.07, 6.45) is -1.36. The minimum Gasteiger partial charge on any atom is -0.508 e. The van der Waals surface area contributed by atoms with E-state index in [1.54, 1.807) is 31.2 Å². The van der Waals surface area contributed by atoms with Gasteiger partial charge >= 0.3 is 5.97 Å². The number of hydrogen-bond donors (Lipinski definition) is 4. The topological polar surface area (TPSA) is 156 Å². The summed E-state index contributed by atoms with van der Waals surface area (Å²) in [5.74, 6) is -0.407. The van der Waals surface area contributed by atoms with Gasteiger partial charge in [-0.05, 0) is 48.4 Å². The van der Waals surface area contributed by atoms with E-state index in [1.807, 2.05) is 0 Å². The number of fused-ring (bicyclic) bond motifs is 2. The largest absolute Gasteiger partial charge is 0.508 e. The van der Waals surface area contributed by atoms with Crippen LogP contribution in [0.15, 0.2) is 75.4 Å². The summed E-state index contributed by atoms with van der Waals surface area (Å²) < 4.78 is 22.2. The van der Waals surface area contributed by atoms with Gasteiger partial charge in [0.05, 0.1) is 25.2 Å². The fourth-order valence-corrected chi connectivity index (χ4v) is 5.53. The zero-order chi connectivity index (χ0) is 30.6. The van der Waals surface area contributed by atoms with Crippen LogP contribution in [-0.2, 0) is 16.0 Å². The van der Waals surface area contributed by atoms with E-state index < -0.39 is 17.7 Å². The summed E-state index contributed by atoms with van der Waals surface area (Å²) >= 11 is 0. The fourth-order valence-electron chi connectivity index (χ4n) is 5.53. The number of carbonyl (C=O) groups excluding carboxylic acids is 1. The predicted octanol–water partition coefficient (Wildman–Crippen LogP) is 4.93. The van der Waals surface area contributed by atoms with Crippen LogP contribution < -0.4 is 14.9 Å². The Morgan fingerprint density at radius 2 is 1.63 bits per heavy atom. The van der Waals surface area contributed by atoms with Gasteiger partial charge in [-0.1, -0.05) is 18.2 Å². The first-order valence-corrected chi connectivity index (χ1v) is 13.2. The molecule has 2 heterocycles. The Labute approximate surface area is 244 Å². The van der Waals surface area contributed by atoms with E-state index in [2.05, 4.69) is 0 Å². The van der Waals surface area contributed by atoms with Crippen molar-refractivity contribution in [3.63, 3.8) is 0 Å². The summed E-state index contributed by atoms with van der Waals surface area (Å²) in [4.78, 5) is 26.2. The molecule has 10 nitrogen and oxygen atoms in total. The number of carbonyl (C=O) groups is 1. The summed E-state index contributed by atoms with van der Waals surface area (Å²) in [6, 6.07) is 15.2. The van der Waals surface area contributed by atoms with Crippen molar-refractivity contribution in [3.8, 4) is 39.9 Å². The number of rotatable bonds is 6. The molecule has 4 N–H and O–H groups in total. The van der Waals surface area contributed by atoms with Gasteiger partial charge in [0.15, 0.2) is 5.43 Å². The summed E-state index contributed by atoms with van der Waals surface area (Å²) in [5.41, 5.74) is 1.34. The lowest BCUT2D eigenvalue weighted by molar-refractivity contribution is -0.150. The molecule has 0 bridgehead atoms. The number of phenolic OH excluding ortho intramolecular Hbond substituents is 3. The maximum Gasteiger partial charge on any atom is 0.341 e. The van der Waals surface area contributed by atoms with Crippen LogP contribution >= 0.6 is 0 Å². The van der Waals surface area contributed by atoms with Crippen LogP contribution in [0.3, 0.4) is 0 Å². The first-order chi connectivity index (χ1) is 20.6. The molecule has 0 fully saturated rings. The van der Waals surface area contributed by atoms with Crippen molar-refractivity contribution in [1.82, 2.24) is 0 Å². The normalized spacial score (nSPS) is 14.9. The zero-order valence-corrected chi connectivity index (χ0v) is 23.3. The number of aromatic hydroxyl groups is 3. The SMILES string of the molecule is COc1cc(OC)c2c(O)c3c(=O)cc(C)oc3c(-c3cc(C4=C(Cc5ccc(O)cc5)C(O)OC4=O)ccc3O)c2c1. The van der Waals surface area contributed by atoms with Crippen LogP contribution in [0, 0.1) is 6.92 Å². The zero-order valence-electron chi connectivity index (χ0n) is 23.3. The molecule has 43 heavy (non-hydrogen) atoms. The van der Waals surface area contributed by atoms with Crippen molar-refractivity contribution in [2.45, 2.75) is 19.6 Å². The maximum atomic E-state index is 13.2. The van der Waals surface area contributed by atoms with Crippen LogP contribution in [0.5, 0.6) is 28.7 Å². The van der Waals surface area contributed by atoms with Gasteiger partial charge in [0.1, 0.15) is 45.5 Å². The second-order valence-corrected chi connectivity index (χ2v) is 10.1. The van der Waals surface area contributed by atoms with Gasteiger partial charge in [-0.2, -0.15) is 0 Å². The lowest BCUT2D eigenvalue weighted by Gasteiger charge is -2.18. The van der Waals surface area contributed by atoms with Gasteiger partial charge in [0.25, 0.3) is 0 Å². The van der Waals surface area contributed by atoms with Crippen molar-refractivity contribution >= 4 is 33.3 Å². The van der Waals surface area contributed by atoms with Crippen LogP contribution in [-0.4, -0.2) is 46.9 Å². The lowest BCUT2D eigenvalue weighted by atomic mass is 9.90. The van der Waals surface area contributed by atoms with Gasteiger partial charge in [-0.3, -0.25) is 4.79 Å². The van der Waals surface area contributed by atoms with E-state index in [0.717, 1.165) is 0 Å². The first kappa shape index (κ1) is 27.7. The highest BCUT2D eigenvalue weighted by Gasteiger charge is 2.34. The average molecular weight is 583 g/mol. The first-order valence-electron chi connectivity index (χ1n) is 13.2. The monoisotopic (exact) mass is 582 g/mol. The quantitative estimate of drug-likeness (QED) is 0.160. The molecule has 0 aliphatic carbocycles.